The van der Waals surface area contributed by atoms with E-state index in [0.717, 1.165) is 4.90 Å². The van der Waals surface area contributed by atoms with Gasteiger partial charge in [-0.25, -0.2) is 0 Å². The third-order valence-corrected chi connectivity index (χ3v) is 6.21. The molecule has 192 valence electrons. The van der Waals surface area contributed by atoms with Gasteiger partial charge in [-0.2, -0.15) is 0 Å². The van der Waals surface area contributed by atoms with Gasteiger partial charge < -0.3 is 15.4 Å². The second kappa shape index (κ2) is 10.6. The number of fused-ring (bicyclic) bond motifs is 2. The van der Waals surface area contributed by atoms with Gasteiger partial charge in [0.2, 0.25) is 11.8 Å². The molecule has 0 fully saturated rings. The number of nitrogens with one attached hydrogen (secondary N) is 2. The number of imide groups is 1. The van der Waals surface area contributed by atoms with Gasteiger partial charge in [-0.15, -0.1) is 0 Å². The van der Waals surface area contributed by atoms with Gasteiger partial charge in [0.25, 0.3) is 17.7 Å². The minimum absolute atomic E-state index is 0.0725. The van der Waals surface area contributed by atoms with Crippen LogP contribution in [0.2, 0.25) is 0 Å². The Hall–Kier alpha value is -4.99. The summed E-state index contributed by atoms with van der Waals surface area (Å²) in [5.41, 5.74) is 2.14. The minimum Gasteiger partial charge on any atom is -0.482 e. The van der Waals surface area contributed by atoms with Crippen LogP contribution in [-0.2, 0) is 14.4 Å². The lowest BCUT2D eigenvalue weighted by molar-refractivity contribution is -0.123. The molecule has 0 bridgehead atoms. The molecule has 2 aliphatic rings. The highest BCUT2D eigenvalue weighted by molar-refractivity contribution is 6.21. The first-order chi connectivity index (χ1) is 18.4. The molecule has 2 aliphatic heterocycles. The SMILES string of the molecule is O=C(CCCN1C(=O)c2ccccc2C1=O)Nc1ccc2c(c1)N(CC(=O)Nc1ccccc1)C(=O)CO2. The van der Waals surface area contributed by atoms with Crippen LogP contribution in [0.5, 0.6) is 5.75 Å². The fourth-order valence-corrected chi connectivity index (χ4v) is 4.38. The Morgan fingerprint density at radius 3 is 2.13 bits per heavy atom. The van der Waals surface area contributed by atoms with Gasteiger partial charge in [-0.1, -0.05) is 30.3 Å². The third kappa shape index (κ3) is 5.10. The number of para-hydroxylation sites is 1. The fraction of sp³-hybridized carbons (Fsp3) is 0.179. The predicted molar refractivity (Wildman–Crippen MR) is 139 cm³/mol. The van der Waals surface area contributed by atoms with Crippen molar-refractivity contribution in [1.82, 2.24) is 4.90 Å². The zero-order valence-corrected chi connectivity index (χ0v) is 20.3. The molecule has 3 aromatic carbocycles. The summed E-state index contributed by atoms with van der Waals surface area (Å²) in [5, 5.41) is 5.51. The molecule has 0 atom stereocenters. The summed E-state index contributed by atoms with van der Waals surface area (Å²) >= 11 is 0. The van der Waals surface area contributed by atoms with Gasteiger partial charge >= 0.3 is 0 Å². The Balaban J connectivity index is 1.19. The van der Waals surface area contributed by atoms with Crippen LogP contribution in [0.3, 0.4) is 0 Å². The van der Waals surface area contributed by atoms with E-state index < -0.39 is 0 Å². The number of ether oxygens (including phenoxy) is 1. The standard InChI is InChI=1S/C28H24N4O6/c33-24(11-6-14-31-27(36)20-9-4-5-10-21(20)28(31)37)30-19-12-13-23-22(15-19)32(26(35)17-38-23)16-25(34)29-18-7-2-1-3-8-18/h1-5,7-10,12-13,15H,6,11,14,16-17H2,(H,29,34)(H,30,33). The summed E-state index contributed by atoms with van der Waals surface area (Å²) in [6.45, 7) is -0.298. The molecule has 0 unspecified atom stereocenters. The van der Waals surface area contributed by atoms with E-state index in [9.17, 15) is 24.0 Å². The van der Waals surface area contributed by atoms with Gasteiger partial charge in [0, 0.05) is 24.3 Å². The molecule has 2 N–H and O–H groups in total. The maximum absolute atomic E-state index is 12.6. The summed E-state index contributed by atoms with van der Waals surface area (Å²) in [7, 11) is 0. The number of amides is 5. The van der Waals surface area contributed by atoms with Crippen molar-refractivity contribution in [3.8, 4) is 5.75 Å². The Kier molecular flexibility index (Phi) is 6.86. The molecule has 5 amide bonds. The van der Waals surface area contributed by atoms with E-state index in [1.54, 1.807) is 66.7 Å². The zero-order valence-electron chi connectivity index (χ0n) is 20.3. The Morgan fingerprint density at radius 2 is 1.42 bits per heavy atom. The van der Waals surface area contributed by atoms with Crippen LogP contribution >= 0.6 is 0 Å². The van der Waals surface area contributed by atoms with Gasteiger partial charge in [0.05, 0.1) is 16.8 Å². The molecule has 3 aromatic rings. The number of carbonyl (C=O) groups excluding carboxylic acids is 5. The first-order valence-electron chi connectivity index (χ1n) is 12.1. The average Bonchev–Trinajstić information content (AvgIpc) is 3.16. The monoisotopic (exact) mass is 512 g/mol. The summed E-state index contributed by atoms with van der Waals surface area (Å²) < 4.78 is 5.49. The summed E-state index contributed by atoms with van der Waals surface area (Å²) in [6, 6.07) is 20.4. The molecular formula is C28H24N4O6. The van der Waals surface area contributed by atoms with Crippen molar-refractivity contribution in [2.24, 2.45) is 0 Å². The number of rotatable bonds is 8. The van der Waals surface area contributed by atoms with Gasteiger partial charge in [0.1, 0.15) is 12.3 Å². The highest BCUT2D eigenvalue weighted by Gasteiger charge is 2.34. The molecule has 0 aromatic heterocycles. The van der Waals surface area contributed by atoms with Crippen LogP contribution in [-0.4, -0.2) is 54.1 Å². The van der Waals surface area contributed by atoms with E-state index in [-0.39, 0.29) is 62.1 Å². The van der Waals surface area contributed by atoms with Crippen LogP contribution in [0, 0.1) is 0 Å². The predicted octanol–water partition coefficient (Wildman–Crippen LogP) is 3.07. The average molecular weight is 513 g/mol. The molecule has 38 heavy (non-hydrogen) atoms. The smallest absolute Gasteiger partial charge is 0.265 e. The van der Waals surface area contributed by atoms with Gasteiger partial charge in [0.15, 0.2) is 6.61 Å². The topological polar surface area (TPSA) is 125 Å². The zero-order chi connectivity index (χ0) is 26.6. The van der Waals surface area contributed by atoms with Crippen molar-refractivity contribution in [1.29, 1.82) is 0 Å². The Labute approximate surface area is 218 Å². The van der Waals surface area contributed by atoms with E-state index in [2.05, 4.69) is 10.6 Å². The van der Waals surface area contributed by atoms with Crippen molar-refractivity contribution in [2.75, 3.05) is 35.2 Å². The summed E-state index contributed by atoms with van der Waals surface area (Å²) in [6.07, 6.45) is 0.360. The molecular weight excluding hydrogens is 488 g/mol. The van der Waals surface area contributed by atoms with Crippen LogP contribution in [0.25, 0.3) is 0 Å². The van der Waals surface area contributed by atoms with E-state index >= 15 is 0 Å². The van der Waals surface area contributed by atoms with Gasteiger partial charge in [-0.05, 0) is 48.9 Å². The van der Waals surface area contributed by atoms with Crippen LogP contribution in [0.15, 0.2) is 72.8 Å². The molecule has 0 spiro atoms. The molecule has 2 heterocycles. The molecule has 0 aliphatic carbocycles. The first-order valence-corrected chi connectivity index (χ1v) is 12.1. The fourth-order valence-electron chi connectivity index (χ4n) is 4.38. The number of hydrogen-bond acceptors (Lipinski definition) is 6. The number of anilines is 3. The van der Waals surface area contributed by atoms with Crippen molar-refractivity contribution in [3.05, 3.63) is 83.9 Å². The quantitative estimate of drug-likeness (QED) is 0.447. The first kappa shape index (κ1) is 24.7. The minimum atomic E-state index is -0.384. The van der Waals surface area contributed by atoms with E-state index in [0.29, 0.717) is 33.9 Å². The normalized spacial score (nSPS) is 14.1. The van der Waals surface area contributed by atoms with Crippen LogP contribution < -0.4 is 20.3 Å². The van der Waals surface area contributed by atoms with E-state index in [4.69, 9.17) is 4.74 Å². The second-order valence-corrected chi connectivity index (χ2v) is 8.82. The lowest BCUT2D eigenvalue weighted by atomic mass is 10.1. The number of carbonyl (C=O) groups is 5. The van der Waals surface area contributed by atoms with Crippen LogP contribution in [0.4, 0.5) is 17.1 Å². The molecule has 0 saturated heterocycles. The number of benzene rings is 3. The Bertz CT molecular complexity index is 1400. The van der Waals surface area contributed by atoms with E-state index in [1.165, 1.54) is 4.90 Å². The molecule has 0 radical (unpaired) electrons. The maximum atomic E-state index is 12.6. The Morgan fingerprint density at radius 1 is 0.763 bits per heavy atom. The maximum Gasteiger partial charge on any atom is 0.265 e. The van der Waals surface area contributed by atoms with Crippen LogP contribution in [0.1, 0.15) is 33.6 Å². The second-order valence-electron chi connectivity index (χ2n) is 8.82. The molecule has 10 heteroatoms. The van der Waals surface area contributed by atoms with Crippen molar-refractivity contribution in [2.45, 2.75) is 12.8 Å². The molecule has 0 saturated carbocycles. The number of nitrogens with zero attached hydrogens (tertiary/aromatic N) is 2. The third-order valence-electron chi connectivity index (χ3n) is 6.21. The number of hydrogen-bond donors (Lipinski definition) is 2. The summed E-state index contributed by atoms with van der Waals surface area (Å²) in [5.74, 6) is -1.38. The van der Waals surface area contributed by atoms with Crippen molar-refractivity contribution in [3.63, 3.8) is 0 Å². The van der Waals surface area contributed by atoms with Gasteiger partial charge in [-0.3, -0.25) is 33.8 Å². The lowest BCUT2D eigenvalue weighted by Crippen LogP contribution is -2.43. The highest BCUT2D eigenvalue weighted by atomic mass is 16.5. The molecule has 10 nitrogen and oxygen atoms in total. The van der Waals surface area contributed by atoms with E-state index in [1.807, 2.05) is 6.07 Å². The molecule has 5 rings (SSSR count). The largest absolute Gasteiger partial charge is 0.482 e. The van der Waals surface area contributed by atoms with Crippen molar-refractivity contribution >= 4 is 46.6 Å². The summed E-state index contributed by atoms with van der Waals surface area (Å²) in [4.78, 5) is 65.1. The van der Waals surface area contributed by atoms with Crippen molar-refractivity contribution < 1.29 is 28.7 Å². The highest BCUT2D eigenvalue weighted by Crippen LogP contribution is 2.34. The lowest BCUT2D eigenvalue weighted by Gasteiger charge is -2.29.